The second-order valence-corrected chi connectivity index (χ2v) is 11.5. The van der Waals surface area contributed by atoms with Gasteiger partial charge in [-0.2, -0.15) is 0 Å². The first-order chi connectivity index (χ1) is 15.6. The molecule has 0 heterocycles. The van der Waals surface area contributed by atoms with Gasteiger partial charge in [0, 0.05) is 0 Å². The molecule has 4 nitrogen and oxygen atoms in total. The lowest BCUT2D eigenvalue weighted by atomic mass is 10.1. The van der Waals surface area contributed by atoms with Crippen molar-refractivity contribution in [1.82, 2.24) is 0 Å². The minimum absolute atomic E-state index is 1.26. The molecule has 0 aliphatic rings. The molecule has 0 N–H and O–H groups in total. The Labute approximate surface area is 192 Å². The van der Waals surface area contributed by atoms with Gasteiger partial charge in [0.1, 0.15) is 23.2 Å². The average Bonchev–Trinajstić information content (AvgIpc) is 2.82. The lowest BCUT2D eigenvalue weighted by Crippen LogP contribution is -2.33. The van der Waals surface area contributed by atoms with E-state index in [9.17, 15) is 0 Å². The molecule has 32 heavy (non-hydrogen) atoms. The van der Waals surface area contributed by atoms with Gasteiger partial charge in [0.05, 0.1) is 11.2 Å². The van der Waals surface area contributed by atoms with E-state index in [1.54, 1.807) is 0 Å². The molecule has 0 fully saturated rings. The molecule has 0 aromatic heterocycles. The predicted molar refractivity (Wildman–Crippen MR) is 138 cm³/mol. The van der Waals surface area contributed by atoms with Gasteiger partial charge in [-0.3, -0.25) is 0 Å². The zero-order chi connectivity index (χ0) is 23.1. The van der Waals surface area contributed by atoms with Gasteiger partial charge in [-0.05, 0) is 49.2 Å². The van der Waals surface area contributed by atoms with E-state index in [1.807, 2.05) is 0 Å². The quantitative estimate of drug-likeness (QED) is 0.145. The fraction of sp³-hybridized carbons (Fsp3) is 0.333. The molecular weight excluding hydrogens is 417 g/mol. The van der Waals surface area contributed by atoms with Gasteiger partial charge in [0.25, 0.3) is 0 Å². The number of unbranched alkanes of at least 4 members (excludes halogenated alkanes) is 6. The van der Waals surface area contributed by atoms with Crippen LogP contribution in [0, 0.1) is 15.3 Å². The maximum absolute atomic E-state index is 8.25. The number of benzene rings is 3. The van der Waals surface area contributed by atoms with Crippen LogP contribution in [0.1, 0.15) is 51.9 Å². The predicted octanol–water partition coefficient (Wildman–Crippen LogP) is 6.49. The highest BCUT2D eigenvalue weighted by Gasteiger charge is 2.44. The van der Waals surface area contributed by atoms with Crippen molar-refractivity contribution in [3.05, 3.63) is 106 Å². The van der Waals surface area contributed by atoms with Crippen LogP contribution in [-0.4, -0.2) is 11.2 Å². The van der Waals surface area contributed by atoms with Gasteiger partial charge >= 0.3 is 0 Å². The highest BCUT2D eigenvalue weighted by Crippen LogP contribution is 2.55. The number of rotatable bonds is 11. The van der Waals surface area contributed by atoms with Crippen molar-refractivity contribution in [2.75, 3.05) is 6.16 Å². The zero-order valence-corrected chi connectivity index (χ0v) is 19.8. The summed E-state index contributed by atoms with van der Waals surface area (Å²) >= 11 is 0. The molecule has 170 valence electrons. The third-order valence-corrected chi connectivity index (χ3v) is 10.2. The molecule has 3 aromatic rings. The lowest BCUT2D eigenvalue weighted by Gasteiger charge is -2.27. The van der Waals surface area contributed by atoms with Gasteiger partial charge in [0.15, 0.2) is 0 Å². The monoisotopic (exact) mass is 451 g/mol. The molecule has 3 rings (SSSR count). The second kappa shape index (κ2) is 14.4. The standard InChI is InChI=1S/C27H34P.NO3/c1-2-3-4-5-6-7-17-24-28(25-18-11-8-12-19-25,26-20-13-9-14-21-26)27-22-15-10-16-23-27;2-1(3)4/h8-16,18-23H,2-7,17,24H2,1H3;/q+1;-1. The van der Waals surface area contributed by atoms with Crippen molar-refractivity contribution in [1.29, 1.82) is 0 Å². The van der Waals surface area contributed by atoms with E-state index in [0.717, 1.165) is 0 Å². The van der Waals surface area contributed by atoms with Crippen molar-refractivity contribution in [3.63, 3.8) is 0 Å². The Hall–Kier alpha value is -2.71. The van der Waals surface area contributed by atoms with E-state index in [1.165, 1.54) is 67.0 Å². The smallest absolute Gasteiger partial charge is 0.112 e. The van der Waals surface area contributed by atoms with Crippen molar-refractivity contribution >= 4 is 23.2 Å². The molecule has 0 saturated carbocycles. The number of hydrogen-bond donors (Lipinski definition) is 0. The fourth-order valence-electron chi connectivity index (χ4n) is 4.19. The maximum Gasteiger partial charge on any atom is 0.112 e. The first kappa shape index (κ1) is 25.5. The van der Waals surface area contributed by atoms with Crippen molar-refractivity contribution in [2.45, 2.75) is 51.9 Å². The summed E-state index contributed by atoms with van der Waals surface area (Å²) in [6.45, 7) is 2.29. The summed E-state index contributed by atoms with van der Waals surface area (Å²) in [5.74, 6) is 0. The Morgan fingerprint density at radius 3 is 1.25 bits per heavy atom. The Bertz CT molecular complexity index is 788. The summed E-state index contributed by atoms with van der Waals surface area (Å²) in [5, 5.41) is 19.3. The van der Waals surface area contributed by atoms with Crippen LogP contribution >= 0.6 is 7.26 Å². The summed E-state index contributed by atoms with van der Waals surface area (Å²) < 4.78 is 0. The molecule has 0 radical (unpaired) electrons. The van der Waals surface area contributed by atoms with Gasteiger partial charge < -0.3 is 15.3 Å². The Kier molecular flexibility index (Phi) is 11.5. The highest BCUT2D eigenvalue weighted by atomic mass is 31.2. The minimum Gasteiger partial charge on any atom is -0.356 e. The van der Waals surface area contributed by atoms with Gasteiger partial charge in [0.2, 0.25) is 0 Å². The molecule has 0 amide bonds. The summed E-state index contributed by atoms with van der Waals surface area (Å²) in [7, 11) is -1.61. The highest BCUT2D eigenvalue weighted by molar-refractivity contribution is 7.95. The summed E-state index contributed by atoms with van der Waals surface area (Å²) in [4.78, 5) is 8.25. The molecular formula is C27H34NO3P. The van der Waals surface area contributed by atoms with E-state index in [-0.39, 0.29) is 0 Å². The number of nitrogens with zero attached hydrogens (tertiary/aromatic N) is 1. The Balaban J connectivity index is 0.000000837. The minimum atomic E-state index is -1.75. The van der Waals surface area contributed by atoms with Gasteiger partial charge in [-0.15, -0.1) is 0 Å². The molecule has 0 unspecified atom stereocenters. The molecule has 5 heteroatoms. The van der Waals surface area contributed by atoms with Crippen molar-refractivity contribution in [3.8, 4) is 0 Å². The van der Waals surface area contributed by atoms with E-state index in [2.05, 4.69) is 97.9 Å². The van der Waals surface area contributed by atoms with Gasteiger partial charge in [-0.1, -0.05) is 93.6 Å². The third kappa shape index (κ3) is 7.76. The second-order valence-electron chi connectivity index (χ2n) is 7.88. The van der Waals surface area contributed by atoms with Crippen LogP contribution in [0.15, 0.2) is 91.0 Å². The van der Waals surface area contributed by atoms with E-state index in [4.69, 9.17) is 15.3 Å². The largest absolute Gasteiger partial charge is 0.356 e. The molecule has 0 spiro atoms. The molecule has 0 atom stereocenters. The van der Waals surface area contributed by atoms with E-state index < -0.39 is 12.3 Å². The molecule has 0 bridgehead atoms. The third-order valence-electron chi connectivity index (χ3n) is 5.69. The van der Waals surface area contributed by atoms with Crippen molar-refractivity contribution in [2.24, 2.45) is 0 Å². The lowest BCUT2D eigenvalue weighted by molar-refractivity contribution is -0.402. The van der Waals surface area contributed by atoms with Crippen LogP contribution in [0.25, 0.3) is 0 Å². The zero-order valence-electron chi connectivity index (χ0n) is 18.9. The SMILES string of the molecule is CCCCCCCCC[P+](c1ccccc1)(c1ccccc1)c1ccccc1.O=[N+]([O-])[O-]. The molecule has 0 saturated heterocycles. The Morgan fingerprint density at radius 1 is 0.594 bits per heavy atom. The first-order valence-electron chi connectivity index (χ1n) is 11.5. The first-order valence-corrected chi connectivity index (χ1v) is 13.4. The van der Waals surface area contributed by atoms with Crippen LogP contribution in [0.4, 0.5) is 0 Å². The van der Waals surface area contributed by atoms with Crippen LogP contribution < -0.4 is 15.9 Å². The summed E-state index contributed by atoms with van der Waals surface area (Å²) in [6.07, 6.45) is 10.8. The summed E-state index contributed by atoms with van der Waals surface area (Å²) in [5.41, 5.74) is 0. The Morgan fingerprint density at radius 2 is 0.906 bits per heavy atom. The normalized spacial score (nSPS) is 10.8. The van der Waals surface area contributed by atoms with E-state index >= 15 is 0 Å². The molecule has 0 aliphatic carbocycles. The van der Waals surface area contributed by atoms with Crippen LogP contribution in [0.3, 0.4) is 0 Å². The van der Waals surface area contributed by atoms with Gasteiger partial charge in [-0.25, -0.2) is 0 Å². The molecule has 3 aromatic carbocycles. The molecule has 0 aliphatic heterocycles. The van der Waals surface area contributed by atoms with E-state index in [0.29, 0.717) is 0 Å². The van der Waals surface area contributed by atoms with Crippen molar-refractivity contribution < 1.29 is 5.09 Å². The van der Waals surface area contributed by atoms with Crippen LogP contribution in [0.2, 0.25) is 0 Å². The summed E-state index contributed by atoms with van der Waals surface area (Å²) in [6, 6.07) is 33.8. The topological polar surface area (TPSA) is 66.2 Å². The average molecular weight is 452 g/mol. The van der Waals surface area contributed by atoms with Crippen LogP contribution in [-0.2, 0) is 0 Å². The fourth-order valence-corrected chi connectivity index (χ4v) is 8.60. The van der Waals surface area contributed by atoms with Crippen LogP contribution in [0.5, 0.6) is 0 Å². The maximum atomic E-state index is 8.25. The number of hydrogen-bond acceptors (Lipinski definition) is 3.